The van der Waals surface area contributed by atoms with Gasteiger partial charge in [-0.2, -0.15) is 9.61 Å². The highest BCUT2D eigenvalue weighted by Crippen LogP contribution is 2.32. The number of likely N-dealkylation sites (tertiary alicyclic amines) is 1. The highest BCUT2D eigenvalue weighted by molar-refractivity contribution is 5.82. The van der Waals surface area contributed by atoms with Gasteiger partial charge in [0.05, 0.1) is 17.8 Å². The van der Waals surface area contributed by atoms with Crippen LogP contribution in [0.5, 0.6) is 0 Å². The number of amides is 1. The van der Waals surface area contributed by atoms with E-state index in [1.54, 1.807) is 6.20 Å². The maximum absolute atomic E-state index is 13.3. The average Bonchev–Trinajstić information content (AvgIpc) is 2.97. The Labute approximate surface area is 157 Å². The highest BCUT2D eigenvalue weighted by atomic mass is 19.1. The van der Waals surface area contributed by atoms with Gasteiger partial charge < -0.3 is 15.1 Å². The van der Waals surface area contributed by atoms with E-state index < -0.39 is 6.17 Å². The first-order valence-corrected chi connectivity index (χ1v) is 9.94. The van der Waals surface area contributed by atoms with Crippen LogP contribution in [-0.4, -0.2) is 70.8 Å². The number of hydrogen-bond acceptors (Lipinski definition) is 5. The number of alkyl halides is 1. The Morgan fingerprint density at radius 3 is 2.78 bits per heavy atom. The molecule has 1 N–H and O–H groups in total. The van der Waals surface area contributed by atoms with Gasteiger partial charge in [0.2, 0.25) is 5.91 Å². The van der Waals surface area contributed by atoms with E-state index in [1.165, 1.54) is 5.56 Å². The first-order valence-electron chi connectivity index (χ1n) is 9.94. The van der Waals surface area contributed by atoms with Crippen molar-refractivity contribution in [1.82, 2.24) is 24.8 Å². The molecule has 5 heterocycles. The maximum atomic E-state index is 13.3. The molecule has 2 saturated heterocycles. The molecule has 0 radical (unpaired) electrons. The van der Waals surface area contributed by atoms with Crippen molar-refractivity contribution in [3.8, 4) is 0 Å². The van der Waals surface area contributed by atoms with Gasteiger partial charge >= 0.3 is 0 Å². The minimum atomic E-state index is -0.749. The van der Waals surface area contributed by atoms with Crippen LogP contribution in [0.2, 0.25) is 0 Å². The van der Waals surface area contributed by atoms with Gasteiger partial charge in [0.25, 0.3) is 0 Å². The Bertz CT molecular complexity index is 853. The summed E-state index contributed by atoms with van der Waals surface area (Å²) < 4.78 is 15.3. The van der Waals surface area contributed by atoms with Crippen molar-refractivity contribution in [2.75, 3.05) is 44.2 Å². The number of carbonyl (C=O) groups is 1. The van der Waals surface area contributed by atoms with Crippen molar-refractivity contribution in [2.45, 2.75) is 31.9 Å². The summed E-state index contributed by atoms with van der Waals surface area (Å²) in [5.74, 6) is 1.27. The molecule has 2 aromatic heterocycles. The summed E-state index contributed by atoms with van der Waals surface area (Å²) in [5.41, 5.74) is 3.26. The summed E-state index contributed by atoms with van der Waals surface area (Å²) >= 11 is 0. The molecule has 0 unspecified atom stereocenters. The molecule has 144 valence electrons. The summed E-state index contributed by atoms with van der Waals surface area (Å²) in [5, 5.41) is 7.92. The second-order valence-corrected chi connectivity index (χ2v) is 7.81. The summed E-state index contributed by atoms with van der Waals surface area (Å²) in [7, 11) is 0. The van der Waals surface area contributed by atoms with Gasteiger partial charge in [0.1, 0.15) is 12.0 Å². The van der Waals surface area contributed by atoms with Crippen molar-refractivity contribution in [3.63, 3.8) is 0 Å². The Balaban J connectivity index is 1.37. The zero-order chi connectivity index (χ0) is 18.4. The molecular weight excluding hydrogens is 347 g/mol. The number of halogens is 1. The molecule has 2 aromatic rings. The quantitative estimate of drug-likeness (QED) is 0.845. The summed E-state index contributed by atoms with van der Waals surface area (Å²) in [6, 6.07) is 1.94. The number of nitrogens with one attached hydrogen (secondary N) is 1. The van der Waals surface area contributed by atoms with Gasteiger partial charge in [-0.05, 0) is 25.8 Å². The second kappa shape index (κ2) is 6.74. The molecule has 0 atom stereocenters. The molecule has 8 heteroatoms. The molecule has 0 aliphatic carbocycles. The number of hydrogen-bond donors (Lipinski definition) is 1. The Kier molecular flexibility index (Phi) is 4.22. The van der Waals surface area contributed by atoms with Gasteiger partial charge in [-0.1, -0.05) is 0 Å². The monoisotopic (exact) mass is 372 g/mol. The Morgan fingerprint density at radius 1 is 1.19 bits per heavy atom. The third-order valence-corrected chi connectivity index (χ3v) is 6.05. The van der Waals surface area contributed by atoms with E-state index in [9.17, 15) is 9.18 Å². The van der Waals surface area contributed by atoms with Crippen LogP contribution >= 0.6 is 0 Å². The lowest BCUT2D eigenvalue weighted by molar-refractivity contribution is -0.137. The number of nitrogens with zero attached hydrogens (tertiary/aromatic N) is 5. The standard InChI is InChI=1S/C19H25FN6O/c20-14-4-9-24(10-5-14)19(27)13-11-25(12-13)18-15-1-6-21-7-2-16(15)23-17-3-8-22-26(17)18/h3,8,13-14,21H,1-2,4-7,9-12H2. The van der Waals surface area contributed by atoms with Crippen molar-refractivity contribution in [3.05, 3.63) is 23.5 Å². The van der Waals surface area contributed by atoms with E-state index in [1.807, 2.05) is 15.5 Å². The van der Waals surface area contributed by atoms with Crippen LogP contribution in [0.1, 0.15) is 24.1 Å². The minimum absolute atomic E-state index is 0.000471. The van der Waals surface area contributed by atoms with Gasteiger partial charge in [0.15, 0.2) is 5.65 Å². The van der Waals surface area contributed by atoms with Crippen LogP contribution in [-0.2, 0) is 17.6 Å². The fraction of sp³-hybridized carbons (Fsp3) is 0.632. The van der Waals surface area contributed by atoms with E-state index >= 15 is 0 Å². The van der Waals surface area contributed by atoms with Crippen molar-refractivity contribution >= 4 is 17.4 Å². The van der Waals surface area contributed by atoms with Crippen molar-refractivity contribution < 1.29 is 9.18 Å². The number of anilines is 1. The van der Waals surface area contributed by atoms with Gasteiger partial charge in [-0.3, -0.25) is 4.79 Å². The molecule has 7 nitrogen and oxygen atoms in total. The largest absolute Gasteiger partial charge is 0.354 e. The number of aromatic nitrogens is 3. The Hall–Kier alpha value is -2.22. The minimum Gasteiger partial charge on any atom is -0.354 e. The number of fused-ring (bicyclic) bond motifs is 2. The summed E-state index contributed by atoms with van der Waals surface area (Å²) in [6.07, 6.45) is 3.82. The number of carbonyl (C=O) groups excluding carboxylic acids is 1. The van der Waals surface area contributed by atoms with Crippen LogP contribution in [0.4, 0.5) is 10.2 Å². The number of piperidine rings is 1. The molecule has 2 fully saturated rings. The Morgan fingerprint density at radius 2 is 1.96 bits per heavy atom. The average molecular weight is 372 g/mol. The van der Waals surface area contributed by atoms with Gasteiger partial charge in [-0.25, -0.2) is 9.37 Å². The van der Waals surface area contributed by atoms with E-state index in [0.29, 0.717) is 39.0 Å². The van der Waals surface area contributed by atoms with Crippen LogP contribution in [0, 0.1) is 5.92 Å². The van der Waals surface area contributed by atoms with E-state index in [2.05, 4.69) is 15.3 Å². The van der Waals surface area contributed by atoms with E-state index in [4.69, 9.17) is 4.98 Å². The molecule has 0 saturated carbocycles. The van der Waals surface area contributed by atoms with E-state index in [-0.39, 0.29) is 11.8 Å². The molecule has 0 aromatic carbocycles. The predicted molar refractivity (Wildman–Crippen MR) is 99.7 cm³/mol. The van der Waals surface area contributed by atoms with Crippen LogP contribution < -0.4 is 10.2 Å². The molecule has 1 amide bonds. The molecule has 0 bridgehead atoms. The third kappa shape index (κ3) is 2.96. The lowest BCUT2D eigenvalue weighted by Gasteiger charge is -2.43. The van der Waals surface area contributed by atoms with Crippen LogP contribution in [0.3, 0.4) is 0 Å². The molecule has 3 aliphatic rings. The fourth-order valence-corrected chi connectivity index (χ4v) is 4.47. The van der Waals surface area contributed by atoms with Gasteiger partial charge in [-0.15, -0.1) is 0 Å². The van der Waals surface area contributed by atoms with E-state index in [0.717, 1.165) is 43.1 Å². The lowest BCUT2D eigenvalue weighted by atomic mass is 9.95. The second-order valence-electron chi connectivity index (χ2n) is 7.81. The summed E-state index contributed by atoms with van der Waals surface area (Å²) in [6.45, 7) is 4.38. The SMILES string of the molecule is O=C(C1CN(c2c3c(nc4ccnn24)CCNCC3)C1)N1CCC(F)CC1. The smallest absolute Gasteiger partial charge is 0.229 e. The maximum Gasteiger partial charge on any atom is 0.229 e. The number of rotatable bonds is 2. The third-order valence-electron chi connectivity index (χ3n) is 6.05. The zero-order valence-electron chi connectivity index (χ0n) is 15.4. The zero-order valence-corrected chi connectivity index (χ0v) is 15.4. The fourth-order valence-electron chi connectivity index (χ4n) is 4.47. The molecule has 5 rings (SSSR count). The molecule has 3 aliphatic heterocycles. The van der Waals surface area contributed by atoms with Crippen LogP contribution in [0.15, 0.2) is 12.3 Å². The van der Waals surface area contributed by atoms with Gasteiger partial charge in [0, 0.05) is 50.8 Å². The van der Waals surface area contributed by atoms with Crippen molar-refractivity contribution in [1.29, 1.82) is 0 Å². The van der Waals surface area contributed by atoms with Crippen LogP contribution in [0.25, 0.3) is 5.65 Å². The molecule has 0 spiro atoms. The first kappa shape index (κ1) is 16.9. The topological polar surface area (TPSA) is 65.8 Å². The molecule has 27 heavy (non-hydrogen) atoms. The highest BCUT2D eigenvalue weighted by Gasteiger charge is 2.39. The lowest BCUT2D eigenvalue weighted by Crippen LogP contribution is -2.56. The molecular formula is C19H25FN6O. The predicted octanol–water partition coefficient (Wildman–Crippen LogP) is 0.814. The van der Waals surface area contributed by atoms with Crippen molar-refractivity contribution in [2.24, 2.45) is 5.92 Å². The summed E-state index contributed by atoms with van der Waals surface area (Å²) in [4.78, 5) is 21.7. The normalized spacial score (nSPS) is 21.8. The first-order chi connectivity index (χ1) is 13.2.